The number of amides is 1. The van der Waals surface area contributed by atoms with E-state index in [4.69, 9.17) is 12.2 Å². The first-order valence-electron chi connectivity index (χ1n) is 6.92. The Morgan fingerprint density at radius 1 is 1.05 bits per heavy atom. The standard InChI is InChI=1S/C15H20N2OS/c18-14(12-8-4-3-5-9-12)17-15(19)16-13-10-6-1-2-7-11-13/h3-5,8-9,13H,1-2,6-7,10-11H2,(H2,16,17,18,19). The fourth-order valence-corrected chi connectivity index (χ4v) is 2.67. The first-order valence-corrected chi connectivity index (χ1v) is 7.33. The minimum Gasteiger partial charge on any atom is -0.360 e. The SMILES string of the molecule is O=C(NC(=S)NC1CCCCCC1)c1ccccc1. The molecule has 1 amide bonds. The molecule has 0 atom stereocenters. The molecule has 0 aliphatic heterocycles. The Bertz CT molecular complexity index is 425. The molecule has 0 spiro atoms. The minimum absolute atomic E-state index is 0.147. The van der Waals surface area contributed by atoms with Gasteiger partial charge in [0.15, 0.2) is 5.11 Å². The molecule has 19 heavy (non-hydrogen) atoms. The third kappa shape index (κ3) is 4.63. The molecule has 1 saturated carbocycles. The number of carbonyl (C=O) groups excluding carboxylic acids is 1. The maximum absolute atomic E-state index is 11.9. The van der Waals surface area contributed by atoms with Gasteiger partial charge in [-0.05, 0) is 37.2 Å². The van der Waals surface area contributed by atoms with Crippen LogP contribution in [0.25, 0.3) is 0 Å². The van der Waals surface area contributed by atoms with Gasteiger partial charge in [0.2, 0.25) is 0 Å². The van der Waals surface area contributed by atoms with Crippen molar-refractivity contribution in [1.82, 2.24) is 10.6 Å². The van der Waals surface area contributed by atoms with Gasteiger partial charge in [-0.3, -0.25) is 10.1 Å². The molecule has 1 aliphatic carbocycles. The summed E-state index contributed by atoms with van der Waals surface area (Å²) in [5.41, 5.74) is 0.632. The maximum Gasteiger partial charge on any atom is 0.257 e. The van der Waals surface area contributed by atoms with Gasteiger partial charge in [0, 0.05) is 11.6 Å². The fourth-order valence-electron chi connectivity index (χ4n) is 2.41. The van der Waals surface area contributed by atoms with Crippen LogP contribution in [0.2, 0.25) is 0 Å². The third-order valence-electron chi connectivity index (χ3n) is 3.45. The Balaban J connectivity index is 1.82. The number of hydrogen-bond acceptors (Lipinski definition) is 2. The Kier molecular flexibility index (Phi) is 5.33. The fraction of sp³-hybridized carbons (Fsp3) is 0.467. The molecule has 0 aromatic heterocycles. The van der Waals surface area contributed by atoms with Crippen LogP contribution in [0, 0.1) is 0 Å². The zero-order valence-corrected chi connectivity index (χ0v) is 11.8. The Labute approximate surface area is 119 Å². The molecular formula is C15H20N2OS. The topological polar surface area (TPSA) is 41.1 Å². The monoisotopic (exact) mass is 276 g/mol. The van der Waals surface area contributed by atoms with Gasteiger partial charge in [-0.25, -0.2) is 0 Å². The van der Waals surface area contributed by atoms with E-state index >= 15 is 0 Å². The summed E-state index contributed by atoms with van der Waals surface area (Å²) < 4.78 is 0. The van der Waals surface area contributed by atoms with E-state index in [1.54, 1.807) is 12.1 Å². The molecule has 2 rings (SSSR count). The summed E-state index contributed by atoms with van der Waals surface area (Å²) in [4.78, 5) is 11.9. The average molecular weight is 276 g/mol. The molecular weight excluding hydrogens is 256 g/mol. The average Bonchev–Trinajstić information content (AvgIpc) is 2.68. The van der Waals surface area contributed by atoms with Crippen molar-refractivity contribution in [2.75, 3.05) is 0 Å². The quantitative estimate of drug-likeness (QED) is 0.644. The van der Waals surface area contributed by atoms with Crippen molar-refractivity contribution in [3.05, 3.63) is 35.9 Å². The molecule has 2 N–H and O–H groups in total. The summed E-state index contributed by atoms with van der Waals surface area (Å²) in [6, 6.07) is 9.55. The van der Waals surface area contributed by atoms with Gasteiger partial charge >= 0.3 is 0 Å². The highest BCUT2D eigenvalue weighted by molar-refractivity contribution is 7.80. The highest BCUT2D eigenvalue weighted by atomic mass is 32.1. The lowest BCUT2D eigenvalue weighted by atomic mass is 10.1. The second-order valence-corrected chi connectivity index (χ2v) is 5.39. The van der Waals surface area contributed by atoms with E-state index in [1.165, 1.54) is 25.7 Å². The van der Waals surface area contributed by atoms with Gasteiger partial charge in [0.25, 0.3) is 5.91 Å². The molecule has 0 bridgehead atoms. The summed E-state index contributed by atoms with van der Waals surface area (Å²) in [6.45, 7) is 0. The second-order valence-electron chi connectivity index (χ2n) is 4.98. The highest BCUT2D eigenvalue weighted by Gasteiger charge is 2.14. The van der Waals surface area contributed by atoms with Gasteiger partial charge < -0.3 is 5.32 Å². The predicted molar refractivity (Wildman–Crippen MR) is 81.1 cm³/mol. The van der Waals surface area contributed by atoms with Crippen molar-refractivity contribution in [1.29, 1.82) is 0 Å². The smallest absolute Gasteiger partial charge is 0.257 e. The number of benzene rings is 1. The van der Waals surface area contributed by atoms with Crippen molar-refractivity contribution < 1.29 is 4.79 Å². The molecule has 0 radical (unpaired) electrons. The normalized spacial score (nSPS) is 16.4. The van der Waals surface area contributed by atoms with Crippen LogP contribution in [0.5, 0.6) is 0 Å². The lowest BCUT2D eigenvalue weighted by molar-refractivity contribution is 0.0976. The van der Waals surface area contributed by atoms with E-state index in [9.17, 15) is 4.79 Å². The Morgan fingerprint density at radius 3 is 2.32 bits per heavy atom. The molecule has 1 fully saturated rings. The lowest BCUT2D eigenvalue weighted by Crippen LogP contribution is -2.44. The number of rotatable bonds is 2. The first-order chi connectivity index (χ1) is 9.25. The van der Waals surface area contributed by atoms with Crippen LogP contribution in [0.4, 0.5) is 0 Å². The Morgan fingerprint density at radius 2 is 1.68 bits per heavy atom. The number of hydrogen-bond donors (Lipinski definition) is 2. The molecule has 0 heterocycles. The van der Waals surface area contributed by atoms with Gasteiger partial charge in [-0.2, -0.15) is 0 Å². The van der Waals surface area contributed by atoms with Crippen LogP contribution in [-0.4, -0.2) is 17.1 Å². The van der Waals surface area contributed by atoms with E-state index in [0.717, 1.165) is 12.8 Å². The second kappa shape index (κ2) is 7.24. The number of thiocarbonyl (C=S) groups is 1. The van der Waals surface area contributed by atoms with E-state index in [0.29, 0.717) is 16.7 Å². The zero-order chi connectivity index (χ0) is 13.5. The molecule has 0 unspecified atom stereocenters. The summed E-state index contributed by atoms with van der Waals surface area (Å²) in [5, 5.41) is 6.45. The van der Waals surface area contributed by atoms with Crippen LogP contribution < -0.4 is 10.6 Å². The van der Waals surface area contributed by atoms with Crippen LogP contribution >= 0.6 is 12.2 Å². The van der Waals surface area contributed by atoms with Crippen molar-refractivity contribution in [2.24, 2.45) is 0 Å². The van der Waals surface area contributed by atoms with Crippen molar-refractivity contribution in [3.8, 4) is 0 Å². The van der Waals surface area contributed by atoms with Crippen LogP contribution in [0.15, 0.2) is 30.3 Å². The van der Waals surface area contributed by atoms with Crippen molar-refractivity contribution in [2.45, 2.75) is 44.6 Å². The van der Waals surface area contributed by atoms with E-state index in [1.807, 2.05) is 18.2 Å². The Hall–Kier alpha value is -1.42. The molecule has 102 valence electrons. The maximum atomic E-state index is 11.9. The van der Waals surface area contributed by atoms with Gasteiger partial charge in [0.05, 0.1) is 0 Å². The summed E-state index contributed by atoms with van der Waals surface area (Å²) in [7, 11) is 0. The molecule has 3 nitrogen and oxygen atoms in total. The summed E-state index contributed by atoms with van der Waals surface area (Å²) >= 11 is 5.21. The van der Waals surface area contributed by atoms with Gasteiger partial charge in [0.1, 0.15) is 0 Å². The van der Waals surface area contributed by atoms with Crippen LogP contribution in [0.3, 0.4) is 0 Å². The molecule has 1 aromatic carbocycles. The largest absolute Gasteiger partial charge is 0.360 e. The highest BCUT2D eigenvalue weighted by Crippen LogP contribution is 2.17. The van der Waals surface area contributed by atoms with E-state index in [2.05, 4.69) is 10.6 Å². The lowest BCUT2D eigenvalue weighted by Gasteiger charge is -2.18. The zero-order valence-electron chi connectivity index (χ0n) is 11.0. The third-order valence-corrected chi connectivity index (χ3v) is 3.67. The molecule has 4 heteroatoms. The van der Waals surface area contributed by atoms with Gasteiger partial charge in [-0.15, -0.1) is 0 Å². The van der Waals surface area contributed by atoms with E-state index < -0.39 is 0 Å². The van der Waals surface area contributed by atoms with E-state index in [-0.39, 0.29) is 5.91 Å². The summed E-state index contributed by atoms with van der Waals surface area (Å²) in [5.74, 6) is -0.147. The minimum atomic E-state index is -0.147. The first kappa shape index (κ1) is 14.0. The van der Waals surface area contributed by atoms with Crippen molar-refractivity contribution >= 4 is 23.2 Å². The molecule has 1 aromatic rings. The summed E-state index contributed by atoms with van der Waals surface area (Å²) in [6.07, 6.45) is 7.38. The van der Waals surface area contributed by atoms with Gasteiger partial charge in [-0.1, -0.05) is 43.9 Å². The van der Waals surface area contributed by atoms with Crippen LogP contribution in [0.1, 0.15) is 48.9 Å². The van der Waals surface area contributed by atoms with Crippen LogP contribution in [-0.2, 0) is 0 Å². The molecule has 0 saturated heterocycles. The number of nitrogens with one attached hydrogen (secondary N) is 2. The van der Waals surface area contributed by atoms with Crippen molar-refractivity contribution in [3.63, 3.8) is 0 Å². The predicted octanol–water partition coefficient (Wildman–Crippen LogP) is 3.01. The molecule has 1 aliphatic rings. The number of carbonyl (C=O) groups is 1.